The van der Waals surface area contributed by atoms with Gasteiger partial charge in [-0.25, -0.2) is 4.79 Å². The Morgan fingerprint density at radius 3 is 2.63 bits per heavy atom. The van der Waals surface area contributed by atoms with E-state index in [4.69, 9.17) is 16.3 Å². The third-order valence-electron chi connectivity index (χ3n) is 5.78. The van der Waals surface area contributed by atoms with Crippen LogP contribution in [0.1, 0.15) is 32.3 Å². The van der Waals surface area contributed by atoms with Crippen molar-refractivity contribution in [2.24, 2.45) is 0 Å². The second-order valence-corrected chi connectivity index (χ2v) is 8.63. The Hall–Kier alpha value is -2.50. The fourth-order valence-corrected chi connectivity index (χ4v) is 4.31. The molecule has 1 amide bonds. The number of para-hydroxylation sites is 1. The van der Waals surface area contributed by atoms with E-state index in [0.717, 1.165) is 42.4 Å². The maximum atomic E-state index is 12.7. The topological polar surface area (TPSA) is 46.5 Å². The molecule has 1 aliphatic heterocycles. The van der Waals surface area contributed by atoms with Crippen LogP contribution in [0.5, 0.6) is 5.88 Å². The summed E-state index contributed by atoms with van der Waals surface area (Å²) in [6.45, 7) is 6.99. The molecule has 1 saturated heterocycles. The molecule has 0 saturated carbocycles. The van der Waals surface area contributed by atoms with Crippen LogP contribution in [-0.2, 0) is 6.54 Å². The molecule has 4 rings (SSSR count). The predicted octanol–water partition coefficient (Wildman–Crippen LogP) is 5.30. The van der Waals surface area contributed by atoms with Gasteiger partial charge in [-0.05, 0) is 50.5 Å². The smallest absolute Gasteiger partial charge is 0.393 e. The molecule has 1 N–H and O–H groups in total. The van der Waals surface area contributed by atoms with E-state index in [-0.39, 0.29) is 6.04 Å². The van der Waals surface area contributed by atoms with Crippen molar-refractivity contribution in [2.45, 2.75) is 45.3 Å². The Labute approximate surface area is 182 Å². The number of piperidine rings is 1. The average Bonchev–Trinajstić information content (AvgIpc) is 3.05. The number of ether oxygens (including phenoxy) is 1. The summed E-state index contributed by atoms with van der Waals surface area (Å²) in [6, 6.07) is 18.4. The number of rotatable bonds is 5. The van der Waals surface area contributed by atoms with Crippen molar-refractivity contribution in [3.8, 4) is 5.88 Å². The van der Waals surface area contributed by atoms with Crippen LogP contribution in [0, 0.1) is 0 Å². The zero-order valence-corrected chi connectivity index (χ0v) is 18.2. The van der Waals surface area contributed by atoms with Gasteiger partial charge in [0.05, 0.1) is 12.1 Å². The maximum absolute atomic E-state index is 12.7. The number of hydrogen-bond donors (Lipinski definition) is 1. The number of halogens is 1. The lowest BCUT2D eigenvalue weighted by atomic mass is 10.0. The zero-order chi connectivity index (χ0) is 21.1. The van der Waals surface area contributed by atoms with Crippen molar-refractivity contribution in [3.63, 3.8) is 0 Å². The molecule has 6 heteroatoms. The third-order valence-corrected chi connectivity index (χ3v) is 6.02. The number of amides is 1. The number of nitrogens with one attached hydrogen (secondary N) is 1. The number of aromatic nitrogens is 1. The summed E-state index contributed by atoms with van der Waals surface area (Å²) in [5.74, 6) is 0.535. The van der Waals surface area contributed by atoms with Crippen molar-refractivity contribution in [2.75, 3.05) is 13.1 Å². The van der Waals surface area contributed by atoms with E-state index >= 15 is 0 Å². The van der Waals surface area contributed by atoms with E-state index in [1.54, 1.807) is 0 Å². The highest BCUT2D eigenvalue weighted by molar-refractivity contribution is 6.30. The molecule has 1 fully saturated rings. The Morgan fingerprint density at radius 2 is 1.90 bits per heavy atom. The summed E-state index contributed by atoms with van der Waals surface area (Å²) in [5.41, 5.74) is 2.07. The molecule has 2 aromatic carbocycles. The standard InChI is InChI=1S/C24H28ClN3O2/c1-17(2)27-12-10-21(11-13-27)26-24(29)30-23-15-19-7-3-4-9-22(19)28(23)16-18-6-5-8-20(25)14-18/h3-9,14-15,17,21H,10-13,16H2,1-2H3,(H,26,29). The largest absolute Gasteiger partial charge is 0.414 e. The lowest BCUT2D eigenvalue weighted by molar-refractivity contribution is 0.151. The van der Waals surface area contributed by atoms with Gasteiger partial charge in [-0.1, -0.05) is 41.9 Å². The minimum Gasteiger partial charge on any atom is -0.393 e. The van der Waals surface area contributed by atoms with E-state index in [2.05, 4.69) is 24.1 Å². The van der Waals surface area contributed by atoms with E-state index < -0.39 is 6.09 Å². The van der Waals surface area contributed by atoms with Gasteiger partial charge in [0.15, 0.2) is 0 Å². The Kier molecular flexibility index (Phi) is 6.30. The molecular weight excluding hydrogens is 398 g/mol. The second kappa shape index (κ2) is 9.11. The van der Waals surface area contributed by atoms with Crippen LogP contribution in [0.25, 0.3) is 10.9 Å². The molecule has 0 spiro atoms. The first-order chi connectivity index (χ1) is 14.5. The van der Waals surface area contributed by atoms with E-state index in [9.17, 15) is 4.79 Å². The number of benzene rings is 2. The SMILES string of the molecule is CC(C)N1CCC(NC(=O)Oc2cc3ccccc3n2Cc2cccc(Cl)c2)CC1. The Balaban J connectivity index is 1.49. The number of fused-ring (bicyclic) bond motifs is 1. The molecule has 5 nitrogen and oxygen atoms in total. The van der Waals surface area contributed by atoms with Crippen molar-refractivity contribution in [3.05, 3.63) is 65.2 Å². The molecule has 1 aliphatic rings. The molecular formula is C24H28ClN3O2. The monoisotopic (exact) mass is 425 g/mol. The molecule has 0 aliphatic carbocycles. The van der Waals surface area contributed by atoms with Gasteiger partial charge < -0.3 is 19.5 Å². The van der Waals surface area contributed by atoms with Crippen LogP contribution in [0.3, 0.4) is 0 Å². The summed E-state index contributed by atoms with van der Waals surface area (Å²) in [6.07, 6.45) is 1.49. The molecule has 0 unspecified atom stereocenters. The summed E-state index contributed by atoms with van der Waals surface area (Å²) >= 11 is 6.16. The average molecular weight is 426 g/mol. The van der Waals surface area contributed by atoms with Crippen LogP contribution >= 0.6 is 11.6 Å². The fourth-order valence-electron chi connectivity index (χ4n) is 4.10. The Bertz CT molecular complexity index is 1020. The first-order valence-corrected chi connectivity index (χ1v) is 10.9. The van der Waals surface area contributed by atoms with Crippen LogP contribution < -0.4 is 10.1 Å². The molecule has 3 aromatic rings. The van der Waals surface area contributed by atoms with Crippen molar-refractivity contribution in [1.82, 2.24) is 14.8 Å². The lowest BCUT2D eigenvalue weighted by Crippen LogP contribution is -2.47. The molecule has 0 atom stereocenters. The van der Waals surface area contributed by atoms with Gasteiger partial charge in [0.25, 0.3) is 0 Å². The number of carbonyl (C=O) groups excluding carboxylic acids is 1. The fraction of sp³-hybridized carbons (Fsp3) is 0.375. The lowest BCUT2D eigenvalue weighted by Gasteiger charge is -2.34. The number of likely N-dealkylation sites (tertiary alicyclic amines) is 1. The van der Waals surface area contributed by atoms with Gasteiger partial charge in [-0.15, -0.1) is 0 Å². The molecule has 0 radical (unpaired) electrons. The molecule has 158 valence electrons. The minimum absolute atomic E-state index is 0.151. The van der Waals surface area contributed by atoms with E-state index in [1.807, 2.05) is 59.2 Å². The van der Waals surface area contributed by atoms with Crippen LogP contribution in [0.15, 0.2) is 54.6 Å². The second-order valence-electron chi connectivity index (χ2n) is 8.20. The molecule has 0 bridgehead atoms. The summed E-state index contributed by atoms with van der Waals surface area (Å²) in [5, 5.41) is 4.78. The summed E-state index contributed by atoms with van der Waals surface area (Å²) in [4.78, 5) is 15.1. The van der Waals surface area contributed by atoms with Gasteiger partial charge in [0.1, 0.15) is 0 Å². The predicted molar refractivity (Wildman–Crippen MR) is 121 cm³/mol. The summed E-state index contributed by atoms with van der Waals surface area (Å²) < 4.78 is 7.79. The van der Waals surface area contributed by atoms with Gasteiger partial charge >= 0.3 is 6.09 Å². The molecule has 1 aromatic heterocycles. The third kappa shape index (κ3) is 4.79. The highest BCUT2D eigenvalue weighted by atomic mass is 35.5. The van der Waals surface area contributed by atoms with Gasteiger partial charge in [-0.3, -0.25) is 0 Å². The van der Waals surface area contributed by atoms with Crippen molar-refractivity contribution >= 4 is 28.6 Å². The quantitative estimate of drug-likeness (QED) is 0.603. The summed E-state index contributed by atoms with van der Waals surface area (Å²) in [7, 11) is 0. The first kappa shape index (κ1) is 20.8. The number of nitrogens with zero attached hydrogens (tertiary/aromatic N) is 2. The van der Waals surface area contributed by atoms with Crippen LogP contribution in [-0.4, -0.2) is 40.7 Å². The van der Waals surface area contributed by atoms with Crippen LogP contribution in [0.4, 0.5) is 4.79 Å². The van der Waals surface area contributed by atoms with Gasteiger partial charge in [-0.2, -0.15) is 0 Å². The molecule has 30 heavy (non-hydrogen) atoms. The minimum atomic E-state index is -0.395. The Morgan fingerprint density at radius 1 is 1.13 bits per heavy atom. The van der Waals surface area contributed by atoms with Crippen LogP contribution in [0.2, 0.25) is 5.02 Å². The molecule has 2 heterocycles. The van der Waals surface area contributed by atoms with Gasteiger partial charge in [0.2, 0.25) is 5.88 Å². The van der Waals surface area contributed by atoms with Gasteiger partial charge in [0, 0.05) is 41.6 Å². The maximum Gasteiger partial charge on any atom is 0.414 e. The number of hydrogen-bond acceptors (Lipinski definition) is 3. The highest BCUT2D eigenvalue weighted by Gasteiger charge is 2.23. The van der Waals surface area contributed by atoms with E-state index in [1.165, 1.54) is 0 Å². The normalized spacial score (nSPS) is 15.6. The zero-order valence-electron chi connectivity index (χ0n) is 17.5. The highest BCUT2D eigenvalue weighted by Crippen LogP contribution is 2.27. The van der Waals surface area contributed by atoms with Crippen molar-refractivity contribution < 1.29 is 9.53 Å². The first-order valence-electron chi connectivity index (χ1n) is 10.5. The number of carbonyl (C=O) groups is 1. The van der Waals surface area contributed by atoms with E-state index in [0.29, 0.717) is 23.5 Å². The van der Waals surface area contributed by atoms with Crippen molar-refractivity contribution in [1.29, 1.82) is 0 Å².